The zero-order valence-electron chi connectivity index (χ0n) is 21.7. The molecule has 0 aliphatic carbocycles. The van der Waals surface area contributed by atoms with Crippen LogP contribution in [0.4, 0.5) is 11.4 Å². The van der Waals surface area contributed by atoms with Crippen LogP contribution < -0.4 is 19.7 Å². The van der Waals surface area contributed by atoms with Gasteiger partial charge in [-0.25, -0.2) is 4.79 Å². The number of benzene rings is 3. The van der Waals surface area contributed by atoms with Crippen molar-refractivity contribution in [2.24, 2.45) is 0 Å². The molecule has 1 aliphatic rings. The highest BCUT2D eigenvalue weighted by molar-refractivity contribution is 6.07. The molecular weight excluding hydrogens is 486 g/mol. The number of hydrogen-bond donors (Lipinski definition) is 1. The molecule has 0 radical (unpaired) electrons. The monoisotopic (exact) mass is 517 g/mol. The van der Waals surface area contributed by atoms with Gasteiger partial charge in [0.05, 0.1) is 37.8 Å². The van der Waals surface area contributed by atoms with E-state index in [-0.39, 0.29) is 18.4 Å². The van der Waals surface area contributed by atoms with Gasteiger partial charge < -0.3 is 29.3 Å². The number of nitrogens with one attached hydrogen (secondary N) is 1. The van der Waals surface area contributed by atoms with Crippen LogP contribution in [0, 0.1) is 0 Å². The summed E-state index contributed by atoms with van der Waals surface area (Å²) in [5, 5.41) is 2.94. The minimum Gasteiger partial charge on any atom is -0.497 e. The fourth-order valence-electron chi connectivity index (χ4n) is 4.30. The van der Waals surface area contributed by atoms with Crippen LogP contribution in [0.15, 0.2) is 66.7 Å². The molecule has 38 heavy (non-hydrogen) atoms. The molecule has 1 N–H and O–H groups in total. The lowest BCUT2D eigenvalue weighted by Gasteiger charge is -2.37. The van der Waals surface area contributed by atoms with E-state index in [1.54, 1.807) is 43.3 Å². The van der Waals surface area contributed by atoms with E-state index in [2.05, 4.69) is 10.2 Å². The molecule has 9 heteroatoms. The predicted octanol–water partition coefficient (Wildman–Crippen LogP) is 4.10. The summed E-state index contributed by atoms with van der Waals surface area (Å²) in [4.78, 5) is 42.5. The molecule has 3 aromatic rings. The molecule has 0 bridgehead atoms. The standard InChI is InChI=1S/C29H31N3O6/c1-4-38-29(35)21-10-11-26(31-12-14-32(15-13-31)28(34)20-8-6-5-7-9-20)25(18-21)30-27(33)22-16-23(36-2)19-24(17-22)37-3/h5-11,16-19H,4,12-15H2,1-3H3,(H,30,33). The lowest BCUT2D eigenvalue weighted by molar-refractivity contribution is 0.0526. The lowest BCUT2D eigenvalue weighted by Crippen LogP contribution is -2.49. The fraction of sp³-hybridized carbons (Fsp3) is 0.276. The van der Waals surface area contributed by atoms with Gasteiger partial charge in [-0.1, -0.05) is 18.2 Å². The van der Waals surface area contributed by atoms with Gasteiger partial charge >= 0.3 is 5.97 Å². The van der Waals surface area contributed by atoms with Crippen molar-refractivity contribution >= 4 is 29.2 Å². The summed E-state index contributed by atoms with van der Waals surface area (Å²) < 4.78 is 15.7. The maximum absolute atomic E-state index is 13.3. The van der Waals surface area contributed by atoms with E-state index >= 15 is 0 Å². The normalized spacial score (nSPS) is 13.0. The van der Waals surface area contributed by atoms with Gasteiger partial charge in [0.15, 0.2) is 0 Å². The summed E-state index contributed by atoms with van der Waals surface area (Å²) in [5.74, 6) is 0.0880. The number of esters is 1. The minimum atomic E-state index is -0.476. The Hall–Kier alpha value is -4.53. The van der Waals surface area contributed by atoms with E-state index in [1.807, 2.05) is 35.2 Å². The Bertz CT molecular complexity index is 1280. The molecule has 1 aliphatic heterocycles. The summed E-state index contributed by atoms with van der Waals surface area (Å²) in [5.41, 5.74) is 2.53. The van der Waals surface area contributed by atoms with E-state index in [4.69, 9.17) is 14.2 Å². The molecule has 4 rings (SSSR count). The van der Waals surface area contributed by atoms with Crippen molar-refractivity contribution < 1.29 is 28.6 Å². The number of piperazine rings is 1. The second kappa shape index (κ2) is 12.1. The second-order valence-corrected chi connectivity index (χ2v) is 8.65. The van der Waals surface area contributed by atoms with Crippen molar-refractivity contribution in [2.75, 3.05) is 57.2 Å². The predicted molar refractivity (Wildman–Crippen MR) is 144 cm³/mol. The largest absolute Gasteiger partial charge is 0.497 e. The summed E-state index contributed by atoms with van der Waals surface area (Å²) in [7, 11) is 3.03. The Balaban J connectivity index is 1.58. The summed E-state index contributed by atoms with van der Waals surface area (Å²) in [6.07, 6.45) is 0. The summed E-state index contributed by atoms with van der Waals surface area (Å²) in [6, 6.07) is 19.2. The molecule has 0 aromatic heterocycles. The second-order valence-electron chi connectivity index (χ2n) is 8.65. The Kier molecular flexibility index (Phi) is 8.47. The number of rotatable bonds is 8. The molecule has 9 nitrogen and oxygen atoms in total. The van der Waals surface area contributed by atoms with Gasteiger partial charge in [0.25, 0.3) is 11.8 Å². The van der Waals surface area contributed by atoms with E-state index < -0.39 is 5.97 Å². The van der Waals surface area contributed by atoms with Gasteiger partial charge in [-0.05, 0) is 49.4 Å². The fourth-order valence-corrected chi connectivity index (χ4v) is 4.30. The maximum Gasteiger partial charge on any atom is 0.338 e. The number of nitrogens with zero attached hydrogens (tertiary/aromatic N) is 2. The Labute approximate surface area is 221 Å². The first kappa shape index (κ1) is 26.5. The van der Waals surface area contributed by atoms with E-state index in [9.17, 15) is 14.4 Å². The number of anilines is 2. The van der Waals surface area contributed by atoms with Crippen molar-refractivity contribution in [3.8, 4) is 11.5 Å². The maximum atomic E-state index is 13.3. The third-order valence-corrected chi connectivity index (χ3v) is 6.30. The van der Waals surface area contributed by atoms with Gasteiger partial charge in [0.1, 0.15) is 11.5 Å². The summed E-state index contributed by atoms with van der Waals surface area (Å²) >= 11 is 0. The summed E-state index contributed by atoms with van der Waals surface area (Å²) in [6.45, 7) is 4.15. The van der Waals surface area contributed by atoms with Crippen LogP contribution in [0.3, 0.4) is 0 Å². The Morgan fingerprint density at radius 1 is 0.789 bits per heavy atom. The van der Waals surface area contributed by atoms with Gasteiger partial charge in [-0.2, -0.15) is 0 Å². The van der Waals surface area contributed by atoms with Crippen molar-refractivity contribution in [1.82, 2.24) is 4.90 Å². The number of methoxy groups -OCH3 is 2. The number of amides is 2. The molecule has 198 valence electrons. The first-order valence-corrected chi connectivity index (χ1v) is 12.4. The van der Waals surface area contributed by atoms with Crippen molar-refractivity contribution in [1.29, 1.82) is 0 Å². The number of carbonyl (C=O) groups is 3. The minimum absolute atomic E-state index is 0.0107. The van der Waals surface area contributed by atoms with Crippen molar-refractivity contribution in [2.45, 2.75) is 6.92 Å². The molecule has 1 fully saturated rings. The highest BCUT2D eigenvalue weighted by Crippen LogP contribution is 2.30. The molecule has 0 spiro atoms. The lowest BCUT2D eigenvalue weighted by atomic mass is 10.1. The van der Waals surface area contributed by atoms with Crippen LogP contribution in [-0.4, -0.2) is 69.7 Å². The molecule has 0 saturated carbocycles. The third-order valence-electron chi connectivity index (χ3n) is 6.30. The van der Waals surface area contributed by atoms with Crippen molar-refractivity contribution in [3.63, 3.8) is 0 Å². The van der Waals surface area contributed by atoms with Gasteiger partial charge in [-0.15, -0.1) is 0 Å². The smallest absolute Gasteiger partial charge is 0.338 e. The van der Waals surface area contributed by atoms with Crippen LogP contribution >= 0.6 is 0 Å². The highest BCUT2D eigenvalue weighted by atomic mass is 16.5. The molecule has 2 amide bonds. The van der Waals surface area contributed by atoms with E-state index in [0.717, 1.165) is 5.69 Å². The molecule has 0 unspecified atom stereocenters. The molecular formula is C29H31N3O6. The zero-order valence-corrected chi connectivity index (χ0v) is 21.7. The quantitative estimate of drug-likeness (QED) is 0.450. The Morgan fingerprint density at radius 2 is 1.45 bits per heavy atom. The number of carbonyl (C=O) groups excluding carboxylic acids is 3. The topological polar surface area (TPSA) is 97.4 Å². The number of ether oxygens (including phenoxy) is 3. The SMILES string of the molecule is CCOC(=O)c1ccc(N2CCN(C(=O)c3ccccc3)CC2)c(NC(=O)c2cc(OC)cc(OC)c2)c1. The average molecular weight is 518 g/mol. The van der Waals surface area contributed by atoms with E-state index in [0.29, 0.717) is 60.1 Å². The van der Waals surface area contributed by atoms with Crippen LogP contribution in [0.2, 0.25) is 0 Å². The first-order chi connectivity index (χ1) is 18.4. The average Bonchev–Trinajstić information content (AvgIpc) is 2.97. The van der Waals surface area contributed by atoms with Crippen molar-refractivity contribution in [3.05, 3.63) is 83.4 Å². The van der Waals surface area contributed by atoms with Crippen LogP contribution in [0.1, 0.15) is 38.0 Å². The highest BCUT2D eigenvalue weighted by Gasteiger charge is 2.25. The van der Waals surface area contributed by atoms with E-state index in [1.165, 1.54) is 14.2 Å². The van der Waals surface area contributed by atoms with Gasteiger partial charge in [0.2, 0.25) is 0 Å². The Morgan fingerprint density at radius 3 is 2.05 bits per heavy atom. The molecule has 1 heterocycles. The first-order valence-electron chi connectivity index (χ1n) is 12.4. The van der Waals surface area contributed by atoms with Crippen LogP contribution in [0.5, 0.6) is 11.5 Å². The third kappa shape index (κ3) is 6.05. The molecule has 3 aromatic carbocycles. The number of hydrogen-bond acceptors (Lipinski definition) is 7. The van der Waals surface area contributed by atoms with Crippen LogP contribution in [-0.2, 0) is 4.74 Å². The van der Waals surface area contributed by atoms with Crippen LogP contribution in [0.25, 0.3) is 0 Å². The molecule has 0 atom stereocenters. The zero-order chi connectivity index (χ0) is 27.1. The molecule has 1 saturated heterocycles. The van der Waals surface area contributed by atoms with Gasteiger partial charge in [-0.3, -0.25) is 9.59 Å². The van der Waals surface area contributed by atoms with Gasteiger partial charge in [0, 0.05) is 43.4 Å².